The van der Waals surface area contributed by atoms with Gasteiger partial charge in [0.2, 0.25) is 0 Å². The number of halogens is 1. The highest BCUT2D eigenvalue weighted by Gasteiger charge is 2.30. The minimum atomic E-state index is 0.0757. The first-order chi connectivity index (χ1) is 15.6. The van der Waals surface area contributed by atoms with Gasteiger partial charge in [0.25, 0.3) is 0 Å². The van der Waals surface area contributed by atoms with Gasteiger partial charge in [-0.15, -0.1) is 0 Å². The van der Waals surface area contributed by atoms with Gasteiger partial charge in [0.05, 0.1) is 42.1 Å². The van der Waals surface area contributed by atoms with Gasteiger partial charge in [-0.25, -0.2) is 4.85 Å². The Kier molecular flexibility index (Phi) is 6.61. The number of hydrogen-bond donors (Lipinski definition) is 0. The molecule has 1 heterocycles. The lowest BCUT2D eigenvalue weighted by atomic mass is 10.00. The first kappa shape index (κ1) is 21.7. The third-order valence-corrected chi connectivity index (χ3v) is 6.10. The Morgan fingerprint density at radius 3 is 2.62 bits per heavy atom. The SMILES string of the molecule is [C-]#[N+]c1ccc(CN2CCN(c3ccc(C#N)cc3Cl)[C@H](c3cccc(OC)c3)C2)cc1. The summed E-state index contributed by atoms with van der Waals surface area (Å²) in [4.78, 5) is 8.21. The van der Waals surface area contributed by atoms with E-state index in [1.54, 1.807) is 13.2 Å². The summed E-state index contributed by atoms with van der Waals surface area (Å²) in [5, 5.41) is 9.78. The highest BCUT2D eigenvalue weighted by atomic mass is 35.5. The molecule has 1 aliphatic rings. The number of anilines is 1. The second kappa shape index (κ2) is 9.75. The molecule has 1 saturated heterocycles. The average molecular weight is 443 g/mol. The van der Waals surface area contributed by atoms with Gasteiger partial charge in [-0.05, 0) is 41.5 Å². The molecule has 0 aromatic heterocycles. The van der Waals surface area contributed by atoms with Gasteiger partial charge in [0.1, 0.15) is 5.75 Å². The smallest absolute Gasteiger partial charge is 0.187 e. The van der Waals surface area contributed by atoms with Gasteiger partial charge in [-0.3, -0.25) is 4.90 Å². The quantitative estimate of drug-likeness (QED) is 0.466. The topological polar surface area (TPSA) is 43.9 Å². The lowest BCUT2D eigenvalue weighted by molar-refractivity contribution is 0.215. The van der Waals surface area contributed by atoms with Crippen LogP contribution in [0.4, 0.5) is 11.4 Å². The molecule has 6 heteroatoms. The molecule has 0 bridgehead atoms. The van der Waals surface area contributed by atoms with E-state index in [1.807, 2.05) is 48.5 Å². The maximum atomic E-state index is 9.20. The van der Waals surface area contributed by atoms with Crippen LogP contribution < -0.4 is 9.64 Å². The van der Waals surface area contributed by atoms with Crippen molar-refractivity contribution in [2.24, 2.45) is 0 Å². The monoisotopic (exact) mass is 442 g/mol. The van der Waals surface area contributed by atoms with E-state index in [0.717, 1.165) is 43.2 Å². The van der Waals surface area contributed by atoms with Crippen LogP contribution in [0.25, 0.3) is 4.85 Å². The molecule has 0 saturated carbocycles. The van der Waals surface area contributed by atoms with Crippen LogP contribution in [0.3, 0.4) is 0 Å². The number of piperazine rings is 1. The fraction of sp³-hybridized carbons (Fsp3) is 0.231. The van der Waals surface area contributed by atoms with E-state index in [-0.39, 0.29) is 6.04 Å². The fourth-order valence-corrected chi connectivity index (χ4v) is 4.44. The molecule has 0 spiro atoms. The Morgan fingerprint density at radius 2 is 1.94 bits per heavy atom. The van der Waals surface area contributed by atoms with Crippen molar-refractivity contribution in [1.29, 1.82) is 5.26 Å². The third-order valence-electron chi connectivity index (χ3n) is 5.80. The maximum absolute atomic E-state index is 9.20. The molecule has 5 nitrogen and oxygen atoms in total. The van der Waals surface area contributed by atoms with Crippen LogP contribution in [0.2, 0.25) is 5.02 Å². The van der Waals surface area contributed by atoms with E-state index in [1.165, 1.54) is 5.56 Å². The highest BCUT2D eigenvalue weighted by Crippen LogP contribution is 2.37. The predicted molar refractivity (Wildman–Crippen MR) is 127 cm³/mol. The van der Waals surface area contributed by atoms with Crippen LogP contribution in [0.15, 0.2) is 66.7 Å². The molecule has 0 amide bonds. The summed E-state index contributed by atoms with van der Waals surface area (Å²) < 4.78 is 5.47. The zero-order chi connectivity index (χ0) is 22.5. The number of nitrogens with zero attached hydrogens (tertiary/aromatic N) is 4. The van der Waals surface area contributed by atoms with Crippen LogP contribution in [-0.2, 0) is 6.54 Å². The molecule has 0 N–H and O–H groups in total. The molecule has 3 aromatic carbocycles. The molecule has 3 aromatic rings. The lowest BCUT2D eigenvalue weighted by Crippen LogP contribution is -2.48. The summed E-state index contributed by atoms with van der Waals surface area (Å²) in [5.74, 6) is 0.820. The summed E-state index contributed by atoms with van der Waals surface area (Å²) in [6.45, 7) is 10.4. The number of nitriles is 1. The van der Waals surface area contributed by atoms with Crippen LogP contribution in [0, 0.1) is 17.9 Å². The van der Waals surface area contributed by atoms with Crippen molar-refractivity contribution in [1.82, 2.24) is 4.90 Å². The Labute approximate surface area is 193 Å². The number of hydrogen-bond acceptors (Lipinski definition) is 4. The molecule has 1 aliphatic heterocycles. The van der Waals surface area contributed by atoms with E-state index >= 15 is 0 Å². The zero-order valence-corrected chi connectivity index (χ0v) is 18.6. The minimum Gasteiger partial charge on any atom is -0.497 e. The molecule has 1 fully saturated rings. The van der Waals surface area contributed by atoms with Gasteiger partial charge in [-0.1, -0.05) is 48.0 Å². The molecule has 0 aliphatic carbocycles. The van der Waals surface area contributed by atoms with Crippen LogP contribution in [0.5, 0.6) is 5.75 Å². The summed E-state index contributed by atoms with van der Waals surface area (Å²) in [6, 6.07) is 23.6. The molecule has 1 atom stereocenters. The normalized spacial score (nSPS) is 16.2. The Balaban J connectivity index is 1.63. The van der Waals surface area contributed by atoms with E-state index < -0.39 is 0 Å². The number of methoxy groups -OCH3 is 1. The van der Waals surface area contributed by atoms with E-state index in [9.17, 15) is 5.26 Å². The van der Waals surface area contributed by atoms with Crippen LogP contribution in [0.1, 0.15) is 22.7 Å². The second-order valence-electron chi connectivity index (χ2n) is 7.78. The van der Waals surface area contributed by atoms with Crippen molar-refractivity contribution in [3.05, 3.63) is 99.9 Å². The minimum absolute atomic E-state index is 0.0757. The number of ether oxygens (including phenoxy) is 1. The van der Waals surface area contributed by atoms with Crippen molar-refractivity contribution >= 4 is 23.0 Å². The largest absolute Gasteiger partial charge is 0.497 e. The summed E-state index contributed by atoms with van der Waals surface area (Å²) in [5.41, 5.74) is 4.48. The summed E-state index contributed by atoms with van der Waals surface area (Å²) in [7, 11) is 1.67. The van der Waals surface area contributed by atoms with Crippen molar-refractivity contribution in [3.8, 4) is 11.8 Å². The Hall–Kier alpha value is -3.51. The van der Waals surface area contributed by atoms with Gasteiger partial charge in [0, 0.05) is 26.2 Å². The van der Waals surface area contributed by atoms with Crippen LogP contribution >= 0.6 is 11.6 Å². The summed E-state index contributed by atoms with van der Waals surface area (Å²) in [6.07, 6.45) is 0. The molecule has 0 radical (unpaired) electrons. The van der Waals surface area contributed by atoms with Crippen molar-refractivity contribution in [3.63, 3.8) is 0 Å². The standard InChI is InChI=1S/C26H23ClN4O/c1-29-22-9-6-19(7-10-22)17-30-12-13-31(25-11-8-20(16-28)14-24(25)27)26(18-30)21-4-3-5-23(15-21)32-2/h3-11,14-15,26H,12-13,17-18H2,2H3/t26-/m0/s1. The number of benzene rings is 3. The zero-order valence-electron chi connectivity index (χ0n) is 17.8. The summed E-state index contributed by atoms with van der Waals surface area (Å²) >= 11 is 6.59. The average Bonchev–Trinajstić information content (AvgIpc) is 2.84. The van der Waals surface area contributed by atoms with Gasteiger partial charge >= 0.3 is 0 Å². The molecular formula is C26H23ClN4O. The van der Waals surface area contributed by atoms with Gasteiger partial charge < -0.3 is 9.64 Å². The van der Waals surface area contributed by atoms with E-state index in [2.05, 4.69) is 32.8 Å². The van der Waals surface area contributed by atoms with Gasteiger partial charge in [0.15, 0.2) is 5.69 Å². The first-order valence-corrected chi connectivity index (χ1v) is 10.8. The molecular weight excluding hydrogens is 420 g/mol. The first-order valence-electron chi connectivity index (χ1n) is 10.4. The fourth-order valence-electron chi connectivity index (χ4n) is 4.15. The number of rotatable bonds is 5. The molecule has 0 unspecified atom stereocenters. The Morgan fingerprint density at radius 1 is 1.12 bits per heavy atom. The molecule has 4 rings (SSSR count). The molecule has 160 valence electrons. The van der Waals surface area contributed by atoms with Crippen molar-refractivity contribution in [2.75, 3.05) is 31.6 Å². The van der Waals surface area contributed by atoms with Gasteiger partial charge in [-0.2, -0.15) is 5.26 Å². The van der Waals surface area contributed by atoms with Crippen LogP contribution in [-0.4, -0.2) is 31.6 Å². The van der Waals surface area contributed by atoms with E-state index in [4.69, 9.17) is 22.9 Å². The van der Waals surface area contributed by atoms with Crippen molar-refractivity contribution in [2.45, 2.75) is 12.6 Å². The lowest BCUT2D eigenvalue weighted by Gasteiger charge is -2.43. The second-order valence-corrected chi connectivity index (χ2v) is 8.18. The molecule has 32 heavy (non-hydrogen) atoms. The highest BCUT2D eigenvalue weighted by molar-refractivity contribution is 6.33. The van der Waals surface area contributed by atoms with Crippen molar-refractivity contribution < 1.29 is 4.74 Å². The Bertz CT molecular complexity index is 1180. The van der Waals surface area contributed by atoms with E-state index in [0.29, 0.717) is 16.3 Å². The third kappa shape index (κ3) is 4.70. The predicted octanol–water partition coefficient (Wildman–Crippen LogP) is 5.83. The maximum Gasteiger partial charge on any atom is 0.187 e.